The third-order valence-corrected chi connectivity index (χ3v) is 7.87. The molecule has 0 aromatic heterocycles. The summed E-state index contributed by atoms with van der Waals surface area (Å²) in [6, 6.07) is 19.4. The van der Waals surface area contributed by atoms with Crippen molar-refractivity contribution in [2.24, 2.45) is 0 Å². The standard InChI is InChI=1S/C32H36N2O4/c1-3-23-18-22(17-21(2)30(23)34-15-9-4-10-16-34)19-29(31(35)36)33-32(37)38-20-28-26-13-7-5-11-24(26)25-12-6-8-14-27(25)28/h5-8,11-14,17-18,28-29H,3-4,9-10,15-16,19-20H2,1-2H3,(H,33,37)(H,35,36). The van der Waals surface area contributed by atoms with Crippen molar-refractivity contribution < 1.29 is 19.4 Å². The quantitative estimate of drug-likeness (QED) is 0.382. The number of aliphatic carboxylic acids is 1. The van der Waals surface area contributed by atoms with Crippen LogP contribution in [0.4, 0.5) is 10.5 Å². The summed E-state index contributed by atoms with van der Waals surface area (Å²) in [5, 5.41) is 12.5. The number of nitrogens with zero attached hydrogens (tertiary/aromatic N) is 1. The minimum absolute atomic E-state index is 0.0754. The van der Waals surface area contributed by atoms with Crippen LogP contribution < -0.4 is 10.2 Å². The Hall–Kier alpha value is -3.80. The number of aryl methyl sites for hydroxylation is 2. The Morgan fingerprint density at radius 1 is 1.00 bits per heavy atom. The fraction of sp³-hybridized carbons (Fsp3) is 0.375. The maximum atomic E-state index is 12.8. The largest absolute Gasteiger partial charge is 0.480 e. The van der Waals surface area contributed by atoms with Crippen LogP contribution in [0.2, 0.25) is 0 Å². The molecule has 0 spiro atoms. The Labute approximate surface area is 224 Å². The predicted molar refractivity (Wildman–Crippen MR) is 150 cm³/mol. The lowest BCUT2D eigenvalue weighted by atomic mass is 9.95. The van der Waals surface area contributed by atoms with Crippen molar-refractivity contribution in [2.75, 3.05) is 24.6 Å². The van der Waals surface area contributed by atoms with Crippen molar-refractivity contribution in [3.05, 3.63) is 88.5 Å². The average Bonchev–Trinajstić information content (AvgIpc) is 3.25. The van der Waals surface area contributed by atoms with Gasteiger partial charge in [-0.1, -0.05) is 67.6 Å². The average molecular weight is 513 g/mol. The molecule has 5 rings (SSSR count). The molecule has 3 aromatic rings. The molecule has 1 amide bonds. The Morgan fingerprint density at radius 2 is 1.63 bits per heavy atom. The van der Waals surface area contributed by atoms with E-state index in [0.717, 1.165) is 52.9 Å². The molecule has 1 atom stereocenters. The van der Waals surface area contributed by atoms with E-state index in [1.807, 2.05) is 24.3 Å². The molecule has 1 aliphatic heterocycles. The van der Waals surface area contributed by atoms with Gasteiger partial charge in [0.2, 0.25) is 0 Å². The van der Waals surface area contributed by atoms with Gasteiger partial charge in [-0.25, -0.2) is 9.59 Å². The van der Waals surface area contributed by atoms with Crippen LogP contribution in [0.5, 0.6) is 0 Å². The fourth-order valence-electron chi connectivity index (χ4n) is 6.11. The molecule has 1 aliphatic carbocycles. The van der Waals surface area contributed by atoms with Gasteiger partial charge in [-0.05, 0) is 71.6 Å². The molecule has 0 bridgehead atoms. The molecule has 198 valence electrons. The summed E-state index contributed by atoms with van der Waals surface area (Å²) in [5.74, 6) is -1.15. The van der Waals surface area contributed by atoms with Crippen molar-refractivity contribution in [1.29, 1.82) is 0 Å². The first-order chi connectivity index (χ1) is 18.5. The van der Waals surface area contributed by atoms with Crippen LogP contribution >= 0.6 is 0 Å². The number of alkyl carbamates (subject to hydrolysis) is 1. The molecule has 0 saturated carbocycles. The second kappa shape index (κ2) is 11.3. The van der Waals surface area contributed by atoms with E-state index < -0.39 is 18.1 Å². The van der Waals surface area contributed by atoms with Gasteiger partial charge in [-0.3, -0.25) is 0 Å². The predicted octanol–water partition coefficient (Wildman–Crippen LogP) is 6.08. The Bertz CT molecular complexity index is 1280. The number of piperidine rings is 1. The van der Waals surface area contributed by atoms with Crippen molar-refractivity contribution in [3.8, 4) is 11.1 Å². The molecule has 6 nitrogen and oxygen atoms in total. The monoisotopic (exact) mass is 512 g/mol. The molecular weight excluding hydrogens is 476 g/mol. The third-order valence-electron chi connectivity index (χ3n) is 7.87. The van der Waals surface area contributed by atoms with Gasteiger partial charge in [0.05, 0.1) is 0 Å². The molecule has 2 N–H and O–H groups in total. The van der Waals surface area contributed by atoms with Crippen LogP contribution in [0.15, 0.2) is 60.7 Å². The molecule has 2 aliphatic rings. The van der Waals surface area contributed by atoms with Crippen molar-refractivity contribution >= 4 is 17.7 Å². The first-order valence-corrected chi connectivity index (χ1v) is 13.7. The number of carbonyl (C=O) groups excluding carboxylic acids is 1. The van der Waals surface area contributed by atoms with Gasteiger partial charge >= 0.3 is 12.1 Å². The maximum absolute atomic E-state index is 12.8. The van der Waals surface area contributed by atoms with E-state index in [4.69, 9.17) is 4.74 Å². The number of amides is 1. The topological polar surface area (TPSA) is 78.9 Å². The highest BCUT2D eigenvalue weighted by atomic mass is 16.5. The maximum Gasteiger partial charge on any atom is 0.407 e. The molecule has 38 heavy (non-hydrogen) atoms. The molecule has 0 radical (unpaired) electrons. The molecule has 6 heteroatoms. The summed E-state index contributed by atoms with van der Waals surface area (Å²) in [4.78, 5) is 27.3. The fourth-order valence-corrected chi connectivity index (χ4v) is 6.11. The Morgan fingerprint density at radius 3 is 2.24 bits per heavy atom. The van der Waals surface area contributed by atoms with Crippen LogP contribution in [-0.2, 0) is 22.4 Å². The lowest BCUT2D eigenvalue weighted by molar-refractivity contribution is -0.139. The normalized spacial score (nSPS) is 15.5. The number of carbonyl (C=O) groups is 2. The zero-order valence-electron chi connectivity index (χ0n) is 22.2. The van der Waals surface area contributed by atoms with Crippen LogP contribution in [0.3, 0.4) is 0 Å². The van der Waals surface area contributed by atoms with Crippen LogP contribution in [0.25, 0.3) is 11.1 Å². The number of benzene rings is 3. The highest BCUT2D eigenvalue weighted by Crippen LogP contribution is 2.44. The van der Waals surface area contributed by atoms with E-state index in [-0.39, 0.29) is 18.9 Å². The number of fused-ring (bicyclic) bond motifs is 3. The number of hydrogen-bond acceptors (Lipinski definition) is 4. The smallest absolute Gasteiger partial charge is 0.407 e. The molecule has 3 aromatic carbocycles. The van der Waals surface area contributed by atoms with Gasteiger partial charge in [-0.2, -0.15) is 0 Å². The number of rotatable bonds is 8. The van der Waals surface area contributed by atoms with Gasteiger partial charge in [0.15, 0.2) is 0 Å². The number of anilines is 1. The SMILES string of the molecule is CCc1cc(CC(NC(=O)OCC2c3ccccc3-c3ccccc32)C(=O)O)cc(C)c1N1CCCCC1. The number of carboxylic acid groups (broad SMARTS) is 1. The number of nitrogens with one attached hydrogen (secondary N) is 1. The second-order valence-corrected chi connectivity index (χ2v) is 10.4. The van der Waals surface area contributed by atoms with E-state index >= 15 is 0 Å². The zero-order chi connectivity index (χ0) is 26.6. The summed E-state index contributed by atoms with van der Waals surface area (Å²) in [6.07, 6.45) is 4.05. The minimum Gasteiger partial charge on any atom is -0.480 e. The second-order valence-electron chi connectivity index (χ2n) is 10.4. The zero-order valence-corrected chi connectivity index (χ0v) is 22.2. The lowest BCUT2D eigenvalue weighted by Crippen LogP contribution is -2.43. The van der Waals surface area contributed by atoms with Crippen LogP contribution in [0, 0.1) is 6.92 Å². The van der Waals surface area contributed by atoms with E-state index in [1.54, 1.807) is 0 Å². The van der Waals surface area contributed by atoms with Gasteiger partial charge in [-0.15, -0.1) is 0 Å². The van der Waals surface area contributed by atoms with Crippen LogP contribution in [-0.4, -0.2) is 42.9 Å². The first-order valence-electron chi connectivity index (χ1n) is 13.7. The summed E-state index contributed by atoms with van der Waals surface area (Å²) >= 11 is 0. The molecule has 1 fully saturated rings. The molecule has 1 saturated heterocycles. The number of ether oxygens (including phenoxy) is 1. The summed E-state index contributed by atoms with van der Waals surface area (Å²) in [7, 11) is 0. The van der Waals surface area contributed by atoms with E-state index in [0.29, 0.717) is 0 Å². The summed E-state index contributed by atoms with van der Waals surface area (Å²) in [5.41, 5.74) is 9.11. The molecule has 1 unspecified atom stereocenters. The van der Waals surface area contributed by atoms with Crippen molar-refractivity contribution in [2.45, 2.75) is 57.9 Å². The minimum atomic E-state index is -1.07. The third kappa shape index (κ3) is 5.26. The number of hydrogen-bond donors (Lipinski definition) is 2. The number of carboxylic acids is 1. The summed E-state index contributed by atoms with van der Waals surface area (Å²) < 4.78 is 5.61. The van der Waals surface area contributed by atoms with E-state index in [1.165, 1.54) is 30.5 Å². The highest BCUT2D eigenvalue weighted by Gasteiger charge is 2.30. The van der Waals surface area contributed by atoms with Gasteiger partial charge in [0, 0.05) is 31.1 Å². The van der Waals surface area contributed by atoms with Gasteiger partial charge in [0.25, 0.3) is 0 Å². The molecule has 1 heterocycles. The lowest BCUT2D eigenvalue weighted by Gasteiger charge is -2.32. The Balaban J connectivity index is 1.26. The van der Waals surface area contributed by atoms with Crippen LogP contribution in [0.1, 0.15) is 59.9 Å². The van der Waals surface area contributed by atoms with Crippen molar-refractivity contribution in [1.82, 2.24) is 5.32 Å². The first kappa shape index (κ1) is 25.8. The van der Waals surface area contributed by atoms with Gasteiger partial charge in [0.1, 0.15) is 12.6 Å². The van der Waals surface area contributed by atoms with Gasteiger partial charge < -0.3 is 20.1 Å². The van der Waals surface area contributed by atoms with E-state index in [2.05, 4.69) is 60.5 Å². The van der Waals surface area contributed by atoms with Crippen molar-refractivity contribution in [3.63, 3.8) is 0 Å². The molecular formula is C32H36N2O4. The Kier molecular flexibility index (Phi) is 7.68. The summed E-state index contributed by atoms with van der Waals surface area (Å²) in [6.45, 7) is 6.51. The van der Waals surface area contributed by atoms with E-state index in [9.17, 15) is 14.7 Å². The highest BCUT2D eigenvalue weighted by molar-refractivity contribution is 5.81.